The predicted octanol–water partition coefficient (Wildman–Crippen LogP) is 3.37. The van der Waals surface area contributed by atoms with Crippen molar-refractivity contribution in [2.24, 2.45) is 0 Å². The van der Waals surface area contributed by atoms with E-state index in [1.165, 1.54) is 0 Å². The maximum atomic E-state index is 12.5. The highest BCUT2D eigenvalue weighted by Crippen LogP contribution is 2.30. The number of pyridine rings is 1. The molecule has 3 aromatic heterocycles. The second kappa shape index (κ2) is 6.43. The number of carbonyl (C=O) groups is 1. The zero-order valence-electron chi connectivity index (χ0n) is 13.9. The molecule has 1 aliphatic rings. The van der Waals surface area contributed by atoms with Crippen molar-refractivity contribution >= 4 is 11.8 Å². The Bertz CT molecular complexity index is 884. The summed E-state index contributed by atoms with van der Waals surface area (Å²) in [5.41, 5.74) is 1.87. The lowest BCUT2D eigenvalue weighted by atomic mass is 9.93. The molecule has 128 valence electrons. The first-order valence-electron chi connectivity index (χ1n) is 8.32. The number of nitrogens with zero attached hydrogens (tertiary/aromatic N) is 3. The summed E-state index contributed by atoms with van der Waals surface area (Å²) in [4.78, 5) is 16.8. The molecule has 4 rings (SSSR count). The Morgan fingerprint density at radius 2 is 2.28 bits per heavy atom. The van der Waals surface area contributed by atoms with Crippen LogP contribution in [0.1, 0.15) is 35.9 Å². The number of aryl methyl sites for hydroxylation is 2. The van der Waals surface area contributed by atoms with Crippen molar-refractivity contribution in [1.29, 1.82) is 0 Å². The fourth-order valence-electron chi connectivity index (χ4n) is 3.19. The number of carbonyl (C=O) groups excluding carboxylic acids is 1. The Morgan fingerprint density at radius 3 is 3.12 bits per heavy atom. The van der Waals surface area contributed by atoms with Gasteiger partial charge < -0.3 is 9.73 Å². The van der Waals surface area contributed by atoms with E-state index in [0.29, 0.717) is 11.6 Å². The van der Waals surface area contributed by atoms with Crippen molar-refractivity contribution < 1.29 is 9.21 Å². The first-order chi connectivity index (χ1) is 12.2. The Balaban J connectivity index is 1.51. The van der Waals surface area contributed by atoms with Gasteiger partial charge in [-0.05, 0) is 38.0 Å². The van der Waals surface area contributed by atoms with E-state index in [-0.39, 0.29) is 12.1 Å². The molecule has 1 atom stereocenters. The number of urea groups is 1. The van der Waals surface area contributed by atoms with Crippen molar-refractivity contribution in [1.82, 2.24) is 20.1 Å². The van der Waals surface area contributed by atoms with Crippen molar-refractivity contribution in [2.75, 3.05) is 5.32 Å². The zero-order chi connectivity index (χ0) is 17.2. The van der Waals surface area contributed by atoms with Crippen molar-refractivity contribution in [3.05, 3.63) is 59.8 Å². The van der Waals surface area contributed by atoms with Crippen molar-refractivity contribution in [3.63, 3.8) is 0 Å². The monoisotopic (exact) mass is 337 g/mol. The van der Waals surface area contributed by atoms with Gasteiger partial charge in [-0.1, -0.05) is 6.07 Å². The Kier molecular flexibility index (Phi) is 3.97. The summed E-state index contributed by atoms with van der Waals surface area (Å²) in [5, 5.41) is 10.3. The van der Waals surface area contributed by atoms with E-state index in [0.717, 1.165) is 36.3 Å². The second-order valence-corrected chi connectivity index (χ2v) is 6.11. The summed E-state index contributed by atoms with van der Waals surface area (Å²) in [6.07, 6.45) is 6.20. The van der Waals surface area contributed by atoms with Crippen LogP contribution in [-0.2, 0) is 6.42 Å². The lowest BCUT2D eigenvalue weighted by Crippen LogP contribution is -2.34. The number of aromatic nitrogens is 3. The number of hydrogen-bond acceptors (Lipinski definition) is 4. The molecule has 3 heterocycles. The van der Waals surface area contributed by atoms with Gasteiger partial charge in [0.2, 0.25) is 0 Å². The minimum Gasteiger partial charge on any atom is -0.469 e. The molecule has 0 saturated carbocycles. The standard InChI is InChI=1S/C18H19N5O2/c1-12-11-17(23(22-12)16-7-2-3-9-19-16)21-18(24)20-14-5-4-6-15-13(14)8-10-25-15/h2-3,7-11,14H,4-6H2,1H3,(H2,20,21,24). The van der Waals surface area contributed by atoms with Crippen LogP contribution in [0.4, 0.5) is 10.6 Å². The number of amides is 2. The highest BCUT2D eigenvalue weighted by Gasteiger charge is 2.24. The lowest BCUT2D eigenvalue weighted by Gasteiger charge is -2.22. The SMILES string of the molecule is Cc1cc(NC(=O)NC2CCCc3occc32)n(-c2ccccn2)n1. The van der Waals surface area contributed by atoms with Gasteiger partial charge in [0.15, 0.2) is 5.82 Å². The highest BCUT2D eigenvalue weighted by atomic mass is 16.3. The fraction of sp³-hybridized carbons (Fsp3) is 0.278. The largest absolute Gasteiger partial charge is 0.469 e. The van der Waals surface area contributed by atoms with Crippen LogP contribution in [0.3, 0.4) is 0 Å². The van der Waals surface area contributed by atoms with Gasteiger partial charge >= 0.3 is 6.03 Å². The fourth-order valence-corrected chi connectivity index (χ4v) is 3.19. The topological polar surface area (TPSA) is 85.0 Å². The summed E-state index contributed by atoms with van der Waals surface area (Å²) in [6, 6.07) is 9.01. The molecule has 0 aliphatic heterocycles. The van der Waals surface area contributed by atoms with Gasteiger partial charge in [0.25, 0.3) is 0 Å². The molecular formula is C18H19N5O2. The number of hydrogen-bond donors (Lipinski definition) is 2. The number of anilines is 1. The number of fused-ring (bicyclic) bond motifs is 1. The Labute approximate surface area is 145 Å². The van der Waals surface area contributed by atoms with Crippen LogP contribution in [-0.4, -0.2) is 20.8 Å². The Hall–Kier alpha value is -3.09. The summed E-state index contributed by atoms with van der Waals surface area (Å²) in [5.74, 6) is 2.20. The molecule has 2 N–H and O–H groups in total. The molecule has 1 unspecified atom stereocenters. The van der Waals surface area contributed by atoms with E-state index in [9.17, 15) is 4.79 Å². The van der Waals surface area contributed by atoms with Crippen LogP contribution < -0.4 is 10.6 Å². The normalized spacial score (nSPS) is 16.3. The molecule has 0 saturated heterocycles. The van der Waals surface area contributed by atoms with Crippen LogP contribution in [0.2, 0.25) is 0 Å². The average Bonchev–Trinajstić information content (AvgIpc) is 3.23. The minimum atomic E-state index is -0.267. The van der Waals surface area contributed by atoms with Crippen LogP contribution in [0.15, 0.2) is 47.2 Å². The third kappa shape index (κ3) is 3.13. The quantitative estimate of drug-likeness (QED) is 0.767. The minimum absolute atomic E-state index is 0.0326. The van der Waals surface area contributed by atoms with E-state index in [1.54, 1.807) is 17.1 Å². The molecule has 3 aromatic rings. The van der Waals surface area contributed by atoms with E-state index in [4.69, 9.17) is 4.42 Å². The number of nitrogens with one attached hydrogen (secondary N) is 2. The smallest absolute Gasteiger partial charge is 0.320 e. The van der Waals surface area contributed by atoms with Gasteiger partial charge in [0, 0.05) is 24.2 Å². The van der Waals surface area contributed by atoms with Gasteiger partial charge in [-0.15, -0.1) is 0 Å². The summed E-state index contributed by atoms with van der Waals surface area (Å²) in [7, 11) is 0. The summed E-state index contributed by atoms with van der Waals surface area (Å²) in [6.45, 7) is 1.88. The third-order valence-electron chi connectivity index (χ3n) is 4.30. The van der Waals surface area contributed by atoms with Crippen molar-refractivity contribution in [3.8, 4) is 5.82 Å². The van der Waals surface area contributed by atoms with Crippen LogP contribution in [0.5, 0.6) is 0 Å². The van der Waals surface area contributed by atoms with Crippen LogP contribution in [0, 0.1) is 6.92 Å². The Morgan fingerprint density at radius 1 is 1.36 bits per heavy atom. The molecule has 0 aromatic carbocycles. The number of furan rings is 1. The van der Waals surface area contributed by atoms with Crippen LogP contribution >= 0.6 is 0 Å². The zero-order valence-corrected chi connectivity index (χ0v) is 13.9. The molecule has 0 bridgehead atoms. The highest BCUT2D eigenvalue weighted by molar-refractivity contribution is 5.89. The molecule has 0 fully saturated rings. The maximum Gasteiger partial charge on any atom is 0.320 e. The summed E-state index contributed by atoms with van der Waals surface area (Å²) >= 11 is 0. The molecule has 25 heavy (non-hydrogen) atoms. The van der Waals surface area contributed by atoms with Gasteiger partial charge in [-0.25, -0.2) is 9.78 Å². The van der Waals surface area contributed by atoms with Crippen molar-refractivity contribution in [2.45, 2.75) is 32.2 Å². The lowest BCUT2D eigenvalue weighted by molar-refractivity contribution is 0.246. The molecule has 0 spiro atoms. The first kappa shape index (κ1) is 15.4. The average molecular weight is 337 g/mol. The van der Waals surface area contributed by atoms with Gasteiger partial charge in [0.05, 0.1) is 18.0 Å². The summed E-state index contributed by atoms with van der Waals surface area (Å²) < 4.78 is 7.10. The molecular weight excluding hydrogens is 318 g/mol. The molecule has 1 aliphatic carbocycles. The third-order valence-corrected chi connectivity index (χ3v) is 4.30. The predicted molar refractivity (Wildman–Crippen MR) is 92.6 cm³/mol. The van der Waals surface area contributed by atoms with Gasteiger partial charge in [0.1, 0.15) is 11.6 Å². The molecule has 7 nitrogen and oxygen atoms in total. The molecule has 2 amide bonds. The van der Waals surface area contributed by atoms with Gasteiger partial charge in [-0.3, -0.25) is 5.32 Å². The first-order valence-corrected chi connectivity index (χ1v) is 8.32. The maximum absolute atomic E-state index is 12.5. The van der Waals surface area contributed by atoms with Crippen LogP contribution in [0.25, 0.3) is 5.82 Å². The second-order valence-electron chi connectivity index (χ2n) is 6.11. The van der Waals surface area contributed by atoms with E-state index in [2.05, 4.69) is 20.7 Å². The molecule has 0 radical (unpaired) electrons. The van der Waals surface area contributed by atoms with Gasteiger partial charge in [-0.2, -0.15) is 9.78 Å². The molecule has 7 heteroatoms. The number of rotatable bonds is 3. The van der Waals surface area contributed by atoms with E-state index >= 15 is 0 Å². The van der Waals surface area contributed by atoms with E-state index < -0.39 is 0 Å². The van der Waals surface area contributed by atoms with E-state index in [1.807, 2.05) is 37.3 Å².